The van der Waals surface area contributed by atoms with Gasteiger partial charge in [-0.3, -0.25) is 25.7 Å². The number of nitro groups is 2. The highest BCUT2D eigenvalue weighted by molar-refractivity contribution is 6.01. The molecule has 8 heteroatoms. The topological polar surface area (TPSA) is 111 Å². The van der Waals surface area contributed by atoms with E-state index in [1.165, 1.54) is 12.1 Å². The minimum absolute atomic E-state index is 0.107. The molecule has 2 rings (SSSR count). The highest BCUT2D eigenvalue weighted by Gasteiger charge is 2.19. The van der Waals surface area contributed by atoms with Crippen LogP contribution in [0.3, 0.4) is 0 Å². The standard InChI is InChI=1S/C16H16N4O4/c1-2-6-14(12-7-4-3-5-8-12)17-18-15-10-9-13(19(21)22)11-16(15)20(23)24/h3-5,7-11,18H,2,6H2,1H3. The number of benzene rings is 2. The van der Waals surface area contributed by atoms with Crippen molar-refractivity contribution in [2.24, 2.45) is 5.10 Å². The number of anilines is 1. The van der Waals surface area contributed by atoms with Gasteiger partial charge in [0.15, 0.2) is 0 Å². The van der Waals surface area contributed by atoms with Crippen LogP contribution < -0.4 is 5.43 Å². The number of nitrogens with one attached hydrogen (secondary N) is 1. The molecule has 124 valence electrons. The third-order valence-electron chi connectivity index (χ3n) is 3.29. The smallest absolute Gasteiger partial charge is 0.271 e. The molecule has 1 N–H and O–H groups in total. The molecule has 0 unspecified atom stereocenters. The minimum atomic E-state index is -0.674. The zero-order valence-corrected chi connectivity index (χ0v) is 13.0. The monoisotopic (exact) mass is 328 g/mol. The predicted octanol–water partition coefficient (Wildman–Crippen LogP) is 4.12. The van der Waals surface area contributed by atoms with Crippen LogP contribution in [0.2, 0.25) is 0 Å². The molecular formula is C16H16N4O4. The average Bonchev–Trinajstić information content (AvgIpc) is 2.59. The Balaban J connectivity index is 2.34. The Kier molecular flexibility index (Phi) is 5.56. The van der Waals surface area contributed by atoms with Gasteiger partial charge in [-0.25, -0.2) is 0 Å². The first kappa shape index (κ1) is 17.1. The molecule has 0 aliphatic carbocycles. The van der Waals surface area contributed by atoms with Gasteiger partial charge in [0, 0.05) is 6.07 Å². The zero-order valence-electron chi connectivity index (χ0n) is 13.0. The fraction of sp³-hybridized carbons (Fsp3) is 0.188. The maximum absolute atomic E-state index is 11.1. The van der Waals surface area contributed by atoms with Crippen molar-refractivity contribution in [1.29, 1.82) is 0 Å². The molecule has 0 heterocycles. The van der Waals surface area contributed by atoms with E-state index in [0.717, 1.165) is 23.8 Å². The average molecular weight is 328 g/mol. The SMILES string of the molecule is CCCC(=NNc1ccc([N+](=O)[O-])cc1[N+](=O)[O-])c1ccccc1. The van der Waals surface area contributed by atoms with E-state index in [4.69, 9.17) is 0 Å². The van der Waals surface area contributed by atoms with Crippen LogP contribution in [0.5, 0.6) is 0 Å². The second kappa shape index (κ2) is 7.82. The molecule has 8 nitrogen and oxygen atoms in total. The molecule has 0 aliphatic heterocycles. The maximum atomic E-state index is 11.1. The summed E-state index contributed by atoms with van der Waals surface area (Å²) in [6.07, 6.45) is 1.55. The number of hydrazone groups is 1. The Bertz CT molecular complexity index is 775. The lowest BCUT2D eigenvalue weighted by atomic mass is 10.1. The van der Waals surface area contributed by atoms with Crippen LogP contribution in [0, 0.1) is 20.2 Å². The highest BCUT2D eigenvalue weighted by atomic mass is 16.6. The summed E-state index contributed by atoms with van der Waals surface area (Å²) >= 11 is 0. The normalized spacial score (nSPS) is 11.1. The minimum Gasteiger partial charge on any atom is -0.271 e. The highest BCUT2D eigenvalue weighted by Crippen LogP contribution is 2.29. The van der Waals surface area contributed by atoms with Crippen LogP contribution >= 0.6 is 0 Å². The second-order valence-electron chi connectivity index (χ2n) is 5.00. The van der Waals surface area contributed by atoms with Gasteiger partial charge >= 0.3 is 5.69 Å². The van der Waals surface area contributed by atoms with Crippen molar-refractivity contribution in [3.8, 4) is 0 Å². The molecule has 24 heavy (non-hydrogen) atoms. The molecular weight excluding hydrogens is 312 g/mol. The van der Waals surface area contributed by atoms with E-state index in [-0.39, 0.29) is 11.4 Å². The summed E-state index contributed by atoms with van der Waals surface area (Å²) in [6.45, 7) is 2.01. The lowest BCUT2D eigenvalue weighted by Gasteiger charge is -2.07. The van der Waals surface area contributed by atoms with Crippen LogP contribution in [0.15, 0.2) is 53.6 Å². The molecule has 0 aromatic heterocycles. The first-order valence-corrected chi connectivity index (χ1v) is 7.33. The number of nitrogens with zero attached hydrogens (tertiary/aromatic N) is 3. The first-order valence-electron chi connectivity index (χ1n) is 7.33. The summed E-state index contributed by atoms with van der Waals surface area (Å²) in [5.74, 6) is 0. The van der Waals surface area contributed by atoms with E-state index in [0.29, 0.717) is 6.42 Å². The molecule has 0 saturated carbocycles. The third kappa shape index (κ3) is 4.13. The number of hydrogen-bond acceptors (Lipinski definition) is 6. The van der Waals surface area contributed by atoms with Crippen LogP contribution in [0.1, 0.15) is 25.3 Å². The van der Waals surface area contributed by atoms with Crippen LogP contribution in [-0.4, -0.2) is 15.6 Å². The molecule has 2 aromatic rings. The Morgan fingerprint density at radius 3 is 2.38 bits per heavy atom. The van der Waals surface area contributed by atoms with Gasteiger partial charge in [-0.05, 0) is 18.1 Å². The van der Waals surface area contributed by atoms with E-state index in [1.54, 1.807) is 0 Å². The summed E-state index contributed by atoms with van der Waals surface area (Å²) in [6, 6.07) is 12.9. The van der Waals surface area contributed by atoms with Gasteiger partial charge in [0.1, 0.15) is 5.69 Å². The van der Waals surface area contributed by atoms with E-state index >= 15 is 0 Å². The van der Waals surface area contributed by atoms with Gasteiger partial charge in [-0.1, -0.05) is 43.7 Å². The van der Waals surface area contributed by atoms with Gasteiger partial charge in [0.05, 0.1) is 21.6 Å². The Morgan fingerprint density at radius 2 is 1.79 bits per heavy atom. The second-order valence-corrected chi connectivity index (χ2v) is 5.00. The zero-order chi connectivity index (χ0) is 17.5. The molecule has 0 spiro atoms. The van der Waals surface area contributed by atoms with Crippen LogP contribution in [0.25, 0.3) is 0 Å². The quantitative estimate of drug-likeness (QED) is 0.467. The van der Waals surface area contributed by atoms with Crippen molar-refractivity contribution in [3.05, 3.63) is 74.3 Å². The number of rotatable bonds is 7. The fourth-order valence-electron chi connectivity index (χ4n) is 2.14. The fourth-order valence-corrected chi connectivity index (χ4v) is 2.14. The lowest BCUT2D eigenvalue weighted by molar-refractivity contribution is -0.393. The van der Waals surface area contributed by atoms with E-state index in [1.807, 2.05) is 37.3 Å². The van der Waals surface area contributed by atoms with Crippen molar-refractivity contribution in [3.63, 3.8) is 0 Å². The molecule has 0 saturated heterocycles. The lowest BCUT2D eigenvalue weighted by Crippen LogP contribution is -2.05. The van der Waals surface area contributed by atoms with E-state index in [9.17, 15) is 20.2 Å². The Hall–Kier alpha value is -3.29. The van der Waals surface area contributed by atoms with Crippen molar-refractivity contribution in [1.82, 2.24) is 0 Å². The van der Waals surface area contributed by atoms with Gasteiger partial charge in [0.25, 0.3) is 5.69 Å². The molecule has 0 bridgehead atoms. The molecule has 0 radical (unpaired) electrons. The van der Waals surface area contributed by atoms with Gasteiger partial charge in [0.2, 0.25) is 0 Å². The van der Waals surface area contributed by atoms with Gasteiger partial charge in [-0.15, -0.1) is 0 Å². The maximum Gasteiger partial charge on any atom is 0.301 e. The first-order chi connectivity index (χ1) is 11.5. The van der Waals surface area contributed by atoms with E-state index in [2.05, 4.69) is 10.5 Å². The van der Waals surface area contributed by atoms with Crippen LogP contribution in [0.4, 0.5) is 17.1 Å². The molecule has 0 amide bonds. The van der Waals surface area contributed by atoms with Crippen molar-refractivity contribution < 1.29 is 9.85 Å². The third-order valence-corrected chi connectivity index (χ3v) is 3.29. The summed E-state index contributed by atoms with van der Waals surface area (Å²) in [5.41, 5.74) is 3.71. The van der Waals surface area contributed by atoms with Gasteiger partial charge in [-0.2, -0.15) is 5.10 Å². The summed E-state index contributed by atoms with van der Waals surface area (Å²) in [5, 5.41) is 26.2. The van der Waals surface area contributed by atoms with Crippen molar-refractivity contribution in [2.45, 2.75) is 19.8 Å². The largest absolute Gasteiger partial charge is 0.301 e. The Labute approximate surface area is 138 Å². The van der Waals surface area contributed by atoms with Crippen molar-refractivity contribution in [2.75, 3.05) is 5.43 Å². The Morgan fingerprint density at radius 1 is 1.08 bits per heavy atom. The van der Waals surface area contributed by atoms with Gasteiger partial charge < -0.3 is 0 Å². The number of nitro benzene ring substituents is 2. The number of non-ortho nitro benzene ring substituents is 1. The predicted molar refractivity (Wildman–Crippen MR) is 91.3 cm³/mol. The summed E-state index contributed by atoms with van der Waals surface area (Å²) in [7, 11) is 0. The molecule has 0 fully saturated rings. The number of hydrogen-bond donors (Lipinski definition) is 1. The van der Waals surface area contributed by atoms with E-state index < -0.39 is 15.5 Å². The molecule has 0 aliphatic rings. The van der Waals surface area contributed by atoms with Crippen LogP contribution in [-0.2, 0) is 0 Å². The van der Waals surface area contributed by atoms with Crippen molar-refractivity contribution >= 4 is 22.8 Å². The molecule has 0 atom stereocenters. The molecule has 2 aromatic carbocycles. The summed E-state index contributed by atoms with van der Waals surface area (Å²) in [4.78, 5) is 20.5. The summed E-state index contributed by atoms with van der Waals surface area (Å²) < 4.78 is 0.